The molecule has 1 aliphatic rings. The molecule has 2 atom stereocenters. The quantitative estimate of drug-likeness (QED) is 0.384. The van der Waals surface area contributed by atoms with E-state index in [-0.39, 0.29) is 5.75 Å². The molecule has 3 aromatic carbocycles. The zero-order valence-electron chi connectivity index (χ0n) is 20.9. The molecule has 3 aromatic rings. The van der Waals surface area contributed by atoms with Crippen LogP contribution in [0.4, 0.5) is 0 Å². The molecule has 1 aliphatic heterocycles. The Morgan fingerprint density at radius 1 is 0.892 bits per heavy atom. The van der Waals surface area contributed by atoms with Crippen LogP contribution in [0.25, 0.3) is 0 Å². The molecule has 9 nitrogen and oxygen atoms in total. The van der Waals surface area contributed by atoms with Crippen LogP contribution in [0.3, 0.4) is 0 Å². The third-order valence-corrected chi connectivity index (χ3v) is 5.82. The highest BCUT2D eigenvalue weighted by Gasteiger charge is 2.33. The number of carbonyl (C=O) groups is 1. The number of rotatable bonds is 11. The number of carbonyl (C=O) groups excluding carboxylic acids is 1. The number of benzene rings is 3. The van der Waals surface area contributed by atoms with Crippen molar-refractivity contribution in [2.45, 2.75) is 25.1 Å². The van der Waals surface area contributed by atoms with Gasteiger partial charge in [-0.25, -0.2) is 4.79 Å². The van der Waals surface area contributed by atoms with Crippen LogP contribution in [0.5, 0.6) is 23.0 Å². The fourth-order valence-corrected chi connectivity index (χ4v) is 3.87. The van der Waals surface area contributed by atoms with Crippen molar-refractivity contribution < 1.29 is 43.1 Å². The molecule has 9 heteroatoms. The normalized spacial score (nSPS) is 15.0. The summed E-state index contributed by atoms with van der Waals surface area (Å²) in [6.45, 7) is 1.35. The summed E-state index contributed by atoms with van der Waals surface area (Å²) in [4.78, 5) is 12.6. The Morgan fingerprint density at radius 2 is 1.57 bits per heavy atom. The fourth-order valence-electron chi connectivity index (χ4n) is 3.87. The molecule has 0 aliphatic carbocycles. The Morgan fingerprint density at radius 3 is 2.24 bits per heavy atom. The van der Waals surface area contributed by atoms with Gasteiger partial charge in [0, 0.05) is 5.56 Å². The maximum Gasteiger partial charge on any atom is 0.350 e. The number of hydrogen-bond donors (Lipinski definition) is 1. The number of hydrogen-bond acceptors (Lipinski definition) is 9. The van der Waals surface area contributed by atoms with Gasteiger partial charge in [-0.05, 0) is 35.4 Å². The molecule has 0 amide bonds. The van der Waals surface area contributed by atoms with Gasteiger partial charge in [0.1, 0.15) is 12.7 Å². The van der Waals surface area contributed by atoms with Crippen LogP contribution in [0.1, 0.15) is 29.1 Å². The second-order valence-electron chi connectivity index (χ2n) is 8.17. The largest absolute Gasteiger partial charge is 0.493 e. The van der Waals surface area contributed by atoms with Crippen LogP contribution in [-0.4, -0.2) is 51.7 Å². The maximum atomic E-state index is 12.6. The predicted octanol–water partition coefficient (Wildman–Crippen LogP) is 3.98. The lowest BCUT2D eigenvalue weighted by molar-refractivity contribution is -0.154. The minimum absolute atomic E-state index is 0.244. The smallest absolute Gasteiger partial charge is 0.350 e. The molecule has 4 rings (SSSR count). The van der Waals surface area contributed by atoms with E-state index in [4.69, 9.17) is 33.2 Å². The summed E-state index contributed by atoms with van der Waals surface area (Å²) < 4.78 is 38.7. The highest BCUT2D eigenvalue weighted by atomic mass is 16.7. The minimum atomic E-state index is -1.38. The van der Waals surface area contributed by atoms with Gasteiger partial charge in [-0.2, -0.15) is 0 Å². The van der Waals surface area contributed by atoms with Gasteiger partial charge in [0.05, 0.1) is 34.5 Å². The standard InChI is InChI=1S/C28H30O9/c1-31-23-15-19(9-11-21(23)36-17-18-7-5-4-6-8-18)25(29)26(27(30)33-3)37-22-12-10-20(16-24(22)32-2)28-34-13-14-35-28/h4-12,15-16,25-26,28-29H,13-14,17H2,1-3H3/t25-,26+/m0/s1. The van der Waals surface area contributed by atoms with E-state index in [9.17, 15) is 9.90 Å². The SMILES string of the molecule is COC(=O)[C@H](Oc1ccc(C2OCCO2)cc1OC)[C@@H](O)c1ccc(OCc2ccccc2)c(OC)c1. The van der Waals surface area contributed by atoms with Crippen molar-refractivity contribution in [1.29, 1.82) is 0 Å². The van der Waals surface area contributed by atoms with Gasteiger partial charge in [0.2, 0.25) is 6.10 Å². The topological polar surface area (TPSA) is 102 Å². The summed E-state index contributed by atoms with van der Waals surface area (Å²) in [5, 5.41) is 11.1. The zero-order valence-corrected chi connectivity index (χ0v) is 20.9. The summed E-state index contributed by atoms with van der Waals surface area (Å²) in [5.74, 6) is 0.721. The first-order valence-electron chi connectivity index (χ1n) is 11.7. The lowest BCUT2D eigenvalue weighted by atomic mass is 10.0. The van der Waals surface area contributed by atoms with Gasteiger partial charge in [-0.3, -0.25) is 0 Å². The second-order valence-corrected chi connectivity index (χ2v) is 8.17. The van der Waals surface area contributed by atoms with Crippen LogP contribution < -0.4 is 18.9 Å². The average Bonchev–Trinajstić information content (AvgIpc) is 3.49. The molecule has 1 saturated heterocycles. The lowest BCUT2D eigenvalue weighted by Gasteiger charge is -2.24. The summed E-state index contributed by atoms with van der Waals surface area (Å²) in [5.41, 5.74) is 2.12. The molecule has 0 unspecified atom stereocenters. The highest BCUT2D eigenvalue weighted by Crippen LogP contribution is 2.37. The van der Waals surface area contributed by atoms with Crippen molar-refractivity contribution in [3.63, 3.8) is 0 Å². The van der Waals surface area contributed by atoms with Crippen molar-refractivity contribution in [3.8, 4) is 23.0 Å². The Balaban J connectivity index is 1.54. The Hall–Kier alpha value is -3.79. The van der Waals surface area contributed by atoms with E-state index in [1.807, 2.05) is 30.3 Å². The van der Waals surface area contributed by atoms with Gasteiger partial charge in [-0.15, -0.1) is 0 Å². The van der Waals surface area contributed by atoms with Gasteiger partial charge >= 0.3 is 5.97 Å². The minimum Gasteiger partial charge on any atom is -0.493 e. The first kappa shape index (κ1) is 26.3. The molecular weight excluding hydrogens is 480 g/mol. The van der Waals surface area contributed by atoms with Crippen molar-refractivity contribution in [1.82, 2.24) is 0 Å². The lowest BCUT2D eigenvalue weighted by Crippen LogP contribution is -2.35. The number of methoxy groups -OCH3 is 3. The molecule has 0 spiro atoms. The van der Waals surface area contributed by atoms with Crippen LogP contribution in [0, 0.1) is 0 Å². The highest BCUT2D eigenvalue weighted by molar-refractivity contribution is 5.76. The van der Waals surface area contributed by atoms with Crippen molar-refractivity contribution in [3.05, 3.63) is 83.4 Å². The Labute approximate surface area is 215 Å². The summed E-state index contributed by atoms with van der Waals surface area (Å²) in [6, 6.07) is 19.7. The fraction of sp³-hybridized carbons (Fsp3) is 0.321. The third-order valence-electron chi connectivity index (χ3n) is 5.82. The predicted molar refractivity (Wildman–Crippen MR) is 133 cm³/mol. The summed E-state index contributed by atoms with van der Waals surface area (Å²) in [7, 11) is 4.20. The van der Waals surface area contributed by atoms with Gasteiger partial charge in [-0.1, -0.05) is 42.5 Å². The molecule has 0 bridgehead atoms. The zero-order chi connectivity index (χ0) is 26.2. The first-order chi connectivity index (χ1) is 18.0. The number of aliphatic hydroxyl groups is 1. The molecule has 196 valence electrons. The Bertz CT molecular complexity index is 1180. The molecule has 1 fully saturated rings. The molecule has 1 N–H and O–H groups in total. The summed E-state index contributed by atoms with van der Waals surface area (Å²) >= 11 is 0. The molecule has 1 heterocycles. The van der Waals surface area contributed by atoms with Crippen molar-refractivity contribution >= 4 is 5.97 Å². The van der Waals surface area contributed by atoms with Crippen molar-refractivity contribution in [2.75, 3.05) is 34.5 Å². The van der Waals surface area contributed by atoms with E-state index >= 15 is 0 Å². The van der Waals surface area contributed by atoms with Crippen LogP contribution in [0.15, 0.2) is 66.7 Å². The number of ether oxygens (including phenoxy) is 7. The van der Waals surface area contributed by atoms with E-state index in [0.717, 1.165) is 11.1 Å². The Kier molecular flexibility index (Phi) is 8.84. The molecular formula is C28H30O9. The van der Waals surface area contributed by atoms with E-state index in [0.29, 0.717) is 42.6 Å². The van der Waals surface area contributed by atoms with Crippen LogP contribution >= 0.6 is 0 Å². The van der Waals surface area contributed by atoms with Crippen molar-refractivity contribution in [2.24, 2.45) is 0 Å². The number of aliphatic hydroxyl groups excluding tert-OH is 1. The van der Waals surface area contributed by atoms with E-state index < -0.39 is 24.5 Å². The number of esters is 1. The summed E-state index contributed by atoms with van der Waals surface area (Å²) in [6.07, 6.45) is -3.26. The van der Waals surface area contributed by atoms with E-state index in [1.54, 1.807) is 36.4 Å². The molecule has 0 radical (unpaired) electrons. The van der Waals surface area contributed by atoms with E-state index in [1.165, 1.54) is 21.3 Å². The monoisotopic (exact) mass is 510 g/mol. The van der Waals surface area contributed by atoms with Gasteiger partial charge < -0.3 is 38.3 Å². The molecule has 0 aromatic heterocycles. The van der Waals surface area contributed by atoms with Crippen LogP contribution in [-0.2, 0) is 25.6 Å². The average molecular weight is 511 g/mol. The van der Waals surface area contributed by atoms with Gasteiger partial charge in [0.15, 0.2) is 29.3 Å². The van der Waals surface area contributed by atoms with E-state index in [2.05, 4.69) is 0 Å². The van der Waals surface area contributed by atoms with Crippen LogP contribution in [0.2, 0.25) is 0 Å². The maximum absolute atomic E-state index is 12.6. The molecule has 0 saturated carbocycles. The second kappa shape index (κ2) is 12.4. The first-order valence-corrected chi connectivity index (χ1v) is 11.7. The van der Waals surface area contributed by atoms with Gasteiger partial charge in [0.25, 0.3) is 0 Å². The molecule has 37 heavy (non-hydrogen) atoms. The third kappa shape index (κ3) is 6.32.